The summed E-state index contributed by atoms with van der Waals surface area (Å²) in [7, 11) is 0. The van der Waals surface area contributed by atoms with Crippen molar-refractivity contribution in [1.29, 1.82) is 0 Å². The van der Waals surface area contributed by atoms with Gasteiger partial charge < -0.3 is 5.43 Å². The van der Waals surface area contributed by atoms with E-state index in [-0.39, 0.29) is 5.56 Å². The molecule has 0 bridgehead atoms. The molecular weight excluding hydrogens is 369 g/mol. The monoisotopic (exact) mass is 382 g/mol. The number of halogens is 4. The Morgan fingerprint density at radius 1 is 1.13 bits per heavy atom. The molecule has 6 heteroatoms. The normalized spacial score (nSPS) is 14.6. The first-order valence-corrected chi connectivity index (χ1v) is 7.86. The van der Waals surface area contributed by atoms with Crippen molar-refractivity contribution in [3.63, 3.8) is 0 Å². The van der Waals surface area contributed by atoms with Crippen molar-refractivity contribution in [1.82, 2.24) is 5.43 Å². The Morgan fingerprint density at radius 2 is 1.87 bits per heavy atom. The van der Waals surface area contributed by atoms with Crippen LogP contribution in [0.3, 0.4) is 0 Å². The van der Waals surface area contributed by atoms with Crippen molar-refractivity contribution >= 4 is 27.7 Å². The molecule has 0 amide bonds. The van der Waals surface area contributed by atoms with Gasteiger partial charge in [-0.3, -0.25) is 5.01 Å². The van der Waals surface area contributed by atoms with Crippen molar-refractivity contribution in [2.75, 3.05) is 5.01 Å². The van der Waals surface area contributed by atoms with Crippen LogP contribution in [-0.4, -0.2) is 0 Å². The van der Waals surface area contributed by atoms with E-state index >= 15 is 0 Å². The topological polar surface area (TPSA) is 15.3 Å². The number of hydrogen-bond donors (Lipinski definition) is 1. The van der Waals surface area contributed by atoms with E-state index in [9.17, 15) is 13.2 Å². The summed E-state index contributed by atoms with van der Waals surface area (Å²) in [5.74, 6) is -0.856. The second-order valence-corrected chi connectivity index (χ2v) is 6.18. The van der Waals surface area contributed by atoms with Gasteiger partial charge in [0.25, 0.3) is 6.43 Å². The standard InChI is InChI=1S/C17H14BrF3N2/c1-10(13-3-2-4-14(16(13)19)17(20)21)23-15-6-5-12(18)9-11(15)7-8-22-23/h2-10,17,22H,1H3/t10-/m1/s1. The molecule has 0 aliphatic carbocycles. The largest absolute Gasteiger partial charge is 0.305 e. The van der Waals surface area contributed by atoms with Crippen molar-refractivity contribution < 1.29 is 13.2 Å². The highest BCUT2D eigenvalue weighted by molar-refractivity contribution is 9.10. The van der Waals surface area contributed by atoms with Crippen LogP contribution in [0.5, 0.6) is 0 Å². The van der Waals surface area contributed by atoms with Gasteiger partial charge in [-0.2, -0.15) is 0 Å². The number of anilines is 1. The fraction of sp³-hybridized carbons (Fsp3) is 0.176. The lowest BCUT2D eigenvalue weighted by Crippen LogP contribution is -2.39. The molecule has 23 heavy (non-hydrogen) atoms. The van der Waals surface area contributed by atoms with E-state index in [4.69, 9.17) is 0 Å². The average Bonchev–Trinajstić information content (AvgIpc) is 2.53. The number of hydrogen-bond acceptors (Lipinski definition) is 2. The second kappa shape index (κ2) is 6.28. The molecule has 2 aromatic rings. The molecule has 3 rings (SSSR count). The zero-order valence-electron chi connectivity index (χ0n) is 12.2. The fourth-order valence-corrected chi connectivity index (χ4v) is 3.05. The number of benzene rings is 2. The number of fused-ring (bicyclic) bond motifs is 1. The van der Waals surface area contributed by atoms with Crippen LogP contribution >= 0.6 is 15.9 Å². The van der Waals surface area contributed by atoms with E-state index in [2.05, 4.69) is 21.4 Å². The van der Waals surface area contributed by atoms with Crippen LogP contribution in [0.25, 0.3) is 6.08 Å². The number of nitrogens with one attached hydrogen (secondary N) is 1. The maximum Gasteiger partial charge on any atom is 0.266 e. The zero-order chi connectivity index (χ0) is 16.6. The van der Waals surface area contributed by atoms with E-state index in [0.29, 0.717) is 0 Å². The van der Waals surface area contributed by atoms with Crippen LogP contribution in [0.1, 0.15) is 36.1 Å². The molecule has 2 nitrogen and oxygen atoms in total. The third kappa shape index (κ3) is 2.95. The van der Waals surface area contributed by atoms with E-state index in [1.165, 1.54) is 12.1 Å². The van der Waals surface area contributed by atoms with E-state index in [1.54, 1.807) is 18.1 Å². The van der Waals surface area contributed by atoms with Crippen LogP contribution in [0.4, 0.5) is 18.9 Å². The van der Waals surface area contributed by atoms with Gasteiger partial charge in [-0.1, -0.05) is 34.1 Å². The molecule has 1 heterocycles. The summed E-state index contributed by atoms with van der Waals surface area (Å²) < 4.78 is 41.2. The van der Waals surface area contributed by atoms with Crippen molar-refractivity contribution in [2.24, 2.45) is 0 Å². The molecule has 0 saturated carbocycles. The van der Waals surface area contributed by atoms with E-state index in [0.717, 1.165) is 21.8 Å². The smallest absolute Gasteiger partial charge is 0.266 e. The highest BCUT2D eigenvalue weighted by Crippen LogP contribution is 2.35. The van der Waals surface area contributed by atoms with Crippen LogP contribution < -0.4 is 10.4 Å². The quantitative estimate of drug-likeness (QED) is 0.744. The molecular formula is C17H14BrF3N2. The van der Waals surface area contributed by atoms with E-state index < -0.39 is 23.8 Å². The Morgan fingerprint density at radius 3 is 2.61 bits per heavy atom. The molecule has 1 atom stereocenters. The summed E-state index contributed by atoms with van der Waals surface area (Å²) in [6, 6.07) is 9.36. The summed E-state index contributed by atoms with van der Waals surface area (Å²) >= 11 is 3.41. The Kier molecular flexibility index (Phi) is 4.35. The fourth-order valence-electron chi connectivity index (χ4n) is 2.67. The third-order valence-corrected chi connectivity index (χ3v) is 4.35. The highest BCUT2D eigenvalue weighted by Gasteiger charge is 2.25. The molecule has 2 aromatic carbocycles. The van der Waals surface area contributed by atoms with Gasteiger partial charge in [0.15, 0.2) is 0 Å². The van der Waals surface area contributed by atoms with Crippen LogP contribution in [0.2, 0.25) is 0 Å². The van der Waals surface area contributed by atoms with Crippen LogP contribution in [0, 0.1) is 5.82 Å². The van der Waals surface area contributed by atoms with Crippen molar-refractivity contribution in [2.45, 2.75) is 19.4 Å². The van der Waals surface area contributed by atoms with Gasteiger partial charge in [-0.25, -0.2) is 13.2 Å². The molecule has 120 valence electrons. The van der Waals surface area contributed by atoms with Gasteiger partial charge in [0.05, 0.1) is 17.3 Å². The predicted molar refractivity (Wildman–Crippen MR) is 88.6 cm³/mol. The average molecular weight is 383 g/mol. The van der Waals surface area contributed by atoms with Crippen molar-refractivity contribution in [3.05, 3.63) is 69.6 Å². The second-order valence-electron chi connectivity index (χ2n) is 5.26. The summed E-state index contributed by atoms with van der Waals surface area (Å²) in [5, 5.41) is 1.76. The third-order valence-electron chi connectivity index (χ3n) is 3.86. The van der Waals surface area contributed by atoms with Gasteiger partial charge in [-0.15, -0.1) is 0 Å². The first-order valence-electron chi connectivity index (χ1n) is 7.07. The number of alkyl halides is 2. The molecule has 1 N–H and O–H groups in total. The first-order chi connectivity index (χ1) is 11.0. The summed E-state index contributed by atoms with van der Waals surface area (Å²) in [5.41, 5.74) is 4.51. The maximum absolute atomic E-state index is 14.4. The summed E-state index contributed by atoms with van der Waals surface area (Å²) in [4.78, 5) is 0. The van der Waals surface area contributed by atoms with Gasteiger partial charge in [0.1, 0.15) is 5.82 Å². The van der Waals surface area contributed by atoms with Gasteiger partial charge in [0, 0.05) is 21.8 Å². The van der Waals surface area contributed by atoms with Gasteiger partial charge in [0.2, 0.25) is 0 Å². The van der Waals surface area contributed by atoms with Crippen LogP contribution in [0.15, 0.2) is 47.1 Å². The SMILES string of the molecule is C[C@H](c1cccc(C(F)F)c1F)N1NC=Cc2cc(Br)ccc21. The summed E-state index contributed by atoms with van der Waals surface area (Å²) in [6.07, 6.45) is 0.801. The Labute approximate surface area is 140 Å². The molecule has 0 fully saturated rings. The molecule has 1 aliphatic heterocycles. The molecule has 0 aromatic heterocycles. The molecule has 0 unspecified atom stereocenters. The lowest BCUT2D eigenvalue weighted by Gasteiger charge is -2.35. The minimum atomic E-state index is -2.83. The molecule has 1 aliphatic rings. The zero-order valence-corrected chi connectivity index (χ0v) is 13.8. The lowest BCUT2D eigenvalue weighted by atomic mass is 10.0. The maximum atomic E-state index is 14.4. The number of nitrogens with zero attached hydrogens (tertiary/aromatic N) is 1. The predicted octanol–water partition coefficient (Wildman–Crippen LogP) is 5.58. The molecule has 0 radical (unpaired) electrons. The van der Waals surface area contributed by atoms with Crippen molar-refractivity contribution in [3.8, 4) is 0 Å². The number of hydrazine groups is 1. The Hall–Kier alpha value is -1.95. The van der Waals surface area contributed by atoms with E-state index in [1.807, 2.05) is 24.3 Å². The Bertz CT molecular complexity index is 761. The minimum absolute atomic E-state index is 0.222. The van der Waals surface area contributed by atoms with Gasteiger partial charge in [-0.05, 0) is 31.2 Å². The Balaban J connectivity index is 2.01. The molecule has 0 spiro atoms. The first kappa shape index (κ1) is 15.9. The number of rotatable bonds is 3. The highest BCUT2D eigenvalue weighted by atomic mass is 79.9. The van der Waals surface area contributed by atoms with Crippen LogP contribution in [-0.2, 0) is 0 Å². The summed E-state index contributed by atoms with van der Waals surface area (Å²) in [6.45, 7) is 1.77. The lowest BCUT2D eigenvalue weighted by molar-refractivity contribution is 0.146. The molecule has 0 saturated heterocycles. The van der Waals surface area contributed by atoms with Gasteiger partial charge >= 0.3 is 0 Å². The minimum Gasteiger partial charge on any atom is -0.305 e.